The zero-order valence-electron chi connectivity index (χ0n) is 15.5. The van der Waals surface area contributed by atoms with Gasteiger partial charge in [-0.25, -0.2) is 9.97 Å². The number of amides is 1. The Bertz CT molecular complexity index is 1020. The van der Waals surface area contributed by atoms with Crippen molar-refractivity contribution in [3.8, 4) is 5.88 Å². The number of benzene rings is 1. The molecule has 3 aromatic rings. The summed E-state index contributed by atoms with van der Waals surface area (Å²) in [5.41, 5.74) is 2.29. The molecule has 2 aliphatic rings. The zero-order valence-corrected chi connectivity index (χ0v) is 16.3. The third-order valence-corrected chi connectivity index (χ3v) is 6.32. The Balaban J connectivity index is 1.40. The second-order valence-corrected chi connectivity index (χ2v) is 7.73. The van der Waals surface area contributed by atoms with E-state index in [4.69, 9.17) is 4.74 Å². The second-order valence-electron chi connectivity index (χ2n) is 7.21. The molecule has 2 aliphatic heterocycles. The van der Waals surface area contributed by atoms with Gasteiger partial charge in [-0.15, -0.1) is 0 Å². The maximum atomic E-state index is 13.2. The number of nitrogens with zero attached hydrogens (tertiary/aromatic N) is 6. The van der Waals surface area contributed by atoms with Crippen LogP contribution in [0.25, 0.3) is 11.0 Å². The number of likely N-dealkylation sites (tertiary alicyclic amines) is 1. The number of fused-ring (bicyclic) bond motifs is 2. The molecule has 0 saturated carbocycles. The lowest BCUT2D eigenvalue weighted by Crippen LogP contribution is -2.50. The van der Waals surface area contributed by atoms with Crippen molar-refractivity contribution in [1.82, 2.24) is 23.6 Å². The Hall–Kier alpha value is -2.81. The lowest BCUT2D eigenvalue weighted by atomic mass is 9.92. The van der Waals surface area contributed by atoms with Gasteiger partial charge in [0.2, 0.25) is 0 Å². The summed E-state index contributed by atoms with van der Waals surface area (Å²) in [6.07, 6.45) is 5.38. The van der Waals surface area contributed by atoms with Crippen molar-refractivity contribution in [2.45, 2.75) is 18.9 Å². The number of piperidine rings is 1. The van der Waals surface area contributed by atoms with Crippen molar-refractivity contribution in [3.05, 3.63) is 36.2 Å². The summed E-state index contributed by atoms with van der Waals surface area (Å²) in [4.78, 5) is 26.2. The van der Waals surface area contributed by atoms with Crippen LogP contribution in [0.1, 0.15) is 23.2 Å². The summed E-state index contributed by atoms with van der Waals surface area (Å²) < 4.78 is 13.9. The van der Waals surface area contributed by atoms with Crippen LogP contribution in [0.3, 0.4) is 0 Å². The van der Waals surface area contributed by atoms with Gasteiger partial charge in [0.25, 0.3) is 11.8 Å². The van der Waals surface area contributed by atoms with Gasteiger partial charge in [0.15, 0.2) is 5.82 Å². The monoisotopic (exact) mass is 396 g/mol. The third-order valence-electron chi connectivity index (χ3n) is 5.76. The van der Waals surface area contributed by atoms with Crippen LogP contribution in [0.5, 0.6) is 5.88 Å². The predicted octanol–water partition coefficient (Wildman–Crippen LogP) is 2.23. The number of aromatic nitrogens is 4. The highest BCUT2D eigenvalue weighted by molar-refractivity contribution is 7.00. The van der Waals surface area contributed by atoms with Gasteiger partial charge < -0.3 is 14.5 Å². The molecular formula is C19H20N6O2S. The summed E-state index contributed by atoms with van der Waals surface area (Å²) in [6.45, 7) is 2.42. The number of carbonyl (C=O) groups excluding carboxylic acids is 1. The summed E-state index contributed by atoms with van der Waals surface area (Å²) in [7, 11) is 1.61. The predicted molar refractivity (Wildman–Crippen MR) is 106 cm³/mol. The van der Waals surface area contributed by atoms with Gasteiger partial charge in [0.1, 0.15) is 11.0 Å². The van der Waals surface area contributed by atoms with Gasteiger partial charge >= 0.3 is 0 Å². The molecule has 0 bridgehead atoms. The molecule has 144 valence electrons. The van der Waals surface area contributed by atoms with Gasteiger partial charge in [-0.3, -0.25) is 4.79 Å². The molecule has 0 spiro atoms. The lowest BCUT2D eigenvalue weighted by Gasteiger charge is -2.39. The minimum atomic E-state index is 0.0651. The average molecular weight is 396 g/mol. The van der Waals surface area contributed by atoms with Crippen LogP contribution in [-0.2, 0) is 0 Å². The highest BCUT2D eigenvalue weighted by Gasteiger charge is 2.41. The Morgan fingerprint density at radius 2 is 1.96 bits per heavy atom. The molecule has 4 heterocycles. The standard InChI is InChI=1S/C19H20N6O2S/c1-27-18-17(20-6-7-21-18)24-8-4-12-5-9-25(16(12)11-24)19(26)13-2-3-14-15(10-13)23-28-22-14/h2-3,6-7,10,12,16H,4-5,8-9,11H2,1H3. The van der Waals surface area contributed by atoms with E-state index in [0.29, 0.717) is 17.4 Å². The van der Waals surface area contributed by atoms with Crippen molar-refractivity contribution >= 4 is 34.5 Å². The molecule has 1 aromatic carbocycles. The first-order valence-electron chi connectivity index (χ1n) is 9.38. The Labute approximate surface area is 166 Å². The number of rotatable bonds is 3. The molecule has 0 radical (unpaired) electrons. The van der Waals surface area contributed by atoms with E-state index in [1.807, 2.05) is 23.1 Å². The molecule has 2 aromatic heterocycles. The number of hydrogen-bond donors (Lipinski definition) is 0. The molecular weight excluding hydrogens is 376 g/mol. The fraction of sp³-hybridized carbons (Fsp3) is 0.421. The van der Waals surface area contributed by atoms with E-state index < -0.39 is 0 Å². The van der Waals surface area contributed by atoms with Gasteiger partial charge in [0.05, 0.1) is 24.9 Å². The first-order chi connectivity index (χ1) is 13.7. The third kappa shape index (κ3) is 2.86. The van der Waals surface area contributed by atoms with E-state index in [1.54, 1.807) is 19.5 Å². The first-order valence-corrected chi connectivity index (χ1v) is 10.1. The molecule has 0 aliphatic carbocycles. The van der Waals surface area contributed by atoms with E-state index in [0.717, 1.165) is 49.3 Å². The Kier molecular flexibility index (Phi) is 4.31. The smallest absolute Gasteiger partial charge is 0.257 e. The second kappa shape index (κ2) is 6.97. The van der Waals surface area contributed by atoms with E-state index >= 15 is 0 Å². The van der Waals surface area contributed by atoms with Crippen molar-refractivity contribution in [1.29, 1.82) is 0 Å². The maximum Gasteiger partial charge on any atom is 0.257 e. The topological polar surface area (TPSA) is 84.3 Å². The van der Waals surface area contributed by atoms with Crippen molar-refractivity contribution in [2.24, 2.45) is 5.92 Å². The van der Waals surface area contributed by atoms with Gasteiger partial charge in [0, 0.05) is 37.6 Å². The zero-order chi connectivity index (χ0) is 19.1. The quantitative estimate of drug-likeness (QED) is 0.671. The van der Waals surface area contributed by atoms with Crippen molar-refractivity contribution in [3.63, 3.8) is 0 Å². The largest absolute Gasteiger partial charge is 0.478 e. The van der Waals surface area contributed by atoms with Gasteiger partial charge in [-0.05, 0) is 37.0 Å². The summed E-state index contributed by atoms with van der Waals surface area (Å²) in [6, 6.07) is 5.74. The molecule has 9 heteroatoms. The van der Waals surface area contributed by atoms with Crippen LogP contribution in [0, 0.1) is 5.92 Å². The van der Waals surface area contributed by atoms with Gasteiger partial charge in [-0.1, -0.05) is 0 Å². The number of methoxy groups -OCH3 is 1. The van der Waals surface area contributed by atoms with Crippen molar-refractivity contribution in [2.75, 3.05) is 31.6 Å². The summed E-state index contributed by atoms with van der Waals surface area (Å²) >= 11 is 1.17. The molecule has 2 fully saturated rings. The highest BCUT2D eigenvalue weighted by Crippen LogP contribution is 2.35. The maximum absolute atomic E-state index is 13.2. The summed E-state index contributed by atoms with van der Waals surface area (Å²) in [5, 5.41) is 0. The molecule has 1 amide bonds. The van der Waals surface area contributed by atoms with Crippen LogP contribution >= 0.6 is 11.7 Å². The first kappa shape index (κ1) is 17.3. The number of hydrogen-bond acceptors (Lipinski definition) is 8. The van der Waals surface area contributed by atoms with E-state index in [-0.39, 0.29) is 11.9 Å². The van der Waals surface area contributed by atoms with Crippen LogP contribution in [0.15, 0.2) is 30.6 Å². The van der Waals surface area contributed by atoms with E-state index in [1.165, 1.54) is 11.7 Å². The van der Waals surface area contributed by atoms with E-state index in [9.17, 15) is 4.79 Å². The van der Waals surface area contributed by atoms with Crippen LogP contribution in [0.2, 0.25) is 0 Å². The number of carbonyl (C=O) groups is 1. The average Bonchev–Trinajstić information content (AvgIpc) is 3.39. The van der Waals surface area contributed by atoms with Crippen LogP contribution in [-0.4, -0.2) is 62.3 Å². The molecule has 28 heavy (non-hydrogen) atoms. The number of ether oxygens (including phenoxy) is 1. The van der Waals surface area contributed by atoms with E-state index in [2.05, 4.69) is 23.6 Å². The lowest BCUT2D eigenvalue weighted by molar-refractivity contribution is 0.0712. The molecule has 0 N–H and O–H groups in total. The summed E-state index contributed by atoms with van der Waals surface area (Å²) in [5.74, 6) is 1.86. The molecule has 5 rings (SSSR count). The fourth-order valence-electron chi connectivity index (χ4n) is 4.35. The van der Waals surface area contributed by atoms with Crippen molar-refractivity contribution < 1.29 is 9.53 Å². The Morgan fingerprint density at radius 1 is 1.14 bits per heavy atom. The molecule has 2 unspecified atom stereocenters. The Morgan fingerprint density at radius 3 is 2.86 bits per heavy atom. The minimum Gasteiger partial charge on any atom is -0.478 e. The van der Waals surface area contributed by atoms with Crippen LogP contribution < -0.4 is 9.64 Å². The van der Waals surface area contributed by atoms with Crippen LogP contribution in [0.4, 0.5) is 5.82 Å². The molecule has 2 atom stereocenters. The number of anilines is 1. The normalized spacial score (nSPS) is 21.8. The highest BCUT2D eigenvalue weighted by atomic mass is 32.1. The fourth-order valence-corrected chi connectivity index (χ4v) is 4.86. The SMILES string of the molecule is COc1nccnc1N1CCC2CCN(C(=O)c3ccc4nsnc4c3)C2C1. The van der Waals surface area contributed by atoms with Gasteiger partial charge in [-0.2, -0.15) is 8.75 Å². The molecule has 8 nitrogen and oxygen atoms in total. The molecule has 2 saturated heterocycles. The minimum absolute atomic E-state index is 0.0651.